The van der Waals surface area contributed by atoms with Gasteiger partial charge in [0.15, 0.2) is 11.5 Å². The molecule has 0 heterocycles. The van der Waals surface area contributed by atoms with Gasteiger partial charge >= 0.3 is 0 Å². The molecule has 1 amide bonds. The molecule has 0 aromatic heterocycles. The summed E-state index contributed by atoms with van der Waals surface area (Å²) in [6.07, 6.45) is 4.28. The molecule has 1 atom stereocenters. The number of hydrogen-bond donors (Lipinski definition) is 1. The van der Waals surface area contributed by atoms with Gasteiger partial charge in [0.25, 0.3) is 0 Å². The summed E-state index contributed by atoms with van der Waals surface area (Å²) in [6.45, 7) is 1.48. The number of halogens is 1. The second kappa shape index (κ2) is 11.0. The molecule has 0 bridgehead atoms. The zero-order chi connectivity index (χ0) is 24.0. The van der Waals surface area contributed by atoms with Crippen LogP contribution < -0.4 is 14.8 Å². The summed E-state index contributed by atoms with van der Waals surface area (Å²) in [4.78, 5) is 13.0. The highest BCUT2D eigenvalue weighted by atomic mass is 32.2. The van der Waals surface area contributed by atoms with Crippen LogP contribution in [-0.2, 0) is 14.8 Å². The molecule has 1 fully saturated rings. The van der Waals surface area contributed by atoms with Crippen LogP contribution in [0.15, 0.2) is 47.4 Å². The average molecular weight is 479 g/mol. The molecule has 0 saturated heterocycles. The molecular weight excluding hydrogens is 447 g/mol. The Hall–Kier alpha value is -2.65. The van der Waals surface area contributed by atoms with E-state index in [4.69, 9.17) is 9.47 Å². The number of benzene rings is 2. The summed E-state index contributed by atoms with van der Waals surface area (Å²) in [5.74, 6) is -0.0497. The zero-order valence-electron chi connectivity index (χ0n) is 19.2. The van der Waals surface area contributed by atoms with E-state index in [1.165, 1.54) is 42.8 Å². The van der Waals surface area contributed by atoms with Crippen molar-refractivity contribution in [3.63, 3.8) is 0 Å². The van der Waals surface area contributed by atoms with Crippen LogP contribution in [0, 0.1) is 5.82 Å². The van der Waals surface area contributed by atoms with E-state index in [0.29, 0.717) is 24.3 Å². The van der Waals surface area contributed by atoms with Crippen molar-refractivity contribution in [3.05, 3.63) is 53.8 Å². The average Bonchev–Trinajstić information content (AvgIpc) is 2.82. The van der Waals surface area contributed by atoms with Crippen molar-refractivity contribution >= 4 is 15.9 Å². The van der Waals surface area contributed by atoms with Gasteiger partial charge < -0.3 is 14.8 Å². The van der Waals surface area contributed by atoms with E-state index < -0.39 is 22.0 Å². The van der Waals surface area contributed by atoms with Crippen LogP contribution >= 0.6 is 0 Å². The number of methoxy groups -OCH3 is 2. The molecule has 1 aliphatic rings. The molecule has 0 aliphatic heterocycles. The lowest BCUT2D eigenvalue weighted by Crippen LogP contribution is -2.47. The third kappa shape index (κ3) is 6.03. The highest BCUT2D eigenvalue weighted by molar-refractivity contribution is 7.89. The first-order chi connectivity index (χ1) is 15.8. The molecule has 1 N–H and O–H groups in total. The first kappa shape index (κ1) is 25.0. The summed E-state index contributed by atoms with van der Waals surface area (Å²) in [6, 6.07) is 9.62. The second-order valence-electron chi connectivity index (χ2n) is 8.20. The van der Waals surface area contributed by atoms with Crippen molar-refractivity contribution in [2.24, 2.45) is 0 Å². The summed E-state index contributed by atoms with van der Waals surface area (Å²) >= 11 is 0. The maximum atomic E-state index is 13.6. The molecule has 0 spiro atoms. The maximum absolute atomic E-state index is 13.6. The normalized spacial score (nSPS) is 15.8. The van der Waals surface area contributed by atoms with Gasteiger partial charge in [-0.1, -0.05) is 31.4 Å². The molecule has 33 heavy (non-hydrogen) atoms. The number of nitrogens with one attached hydrogen (secondary N) is 1. The van der Waals surface area contributed by atoms with Crippen LogP contribution in [0.2, 0.25) is 0 Å². The van der Waals surface area contributed by atoms with Gasteiger partial charge in [-0.3, -0.25) is 4.79 Å². The molecule has 2 aromatic carbocycles. The number of carbonyl (C=O) groups is 1. The minimum Gasteiger partial charge on any atom is -0.493 e. The first-order valence-corrected chi connectivity index (χ1v) is 12.5. The van der Waals surface area contributed by atoms with E-state index in [0.717, 1.165) is 24.8 Å². The lowest BCUT2D eigenvalue weighted by Gasteiger charge is -2.33. The van der Waals surface area contributed by atoms with Crippen LogP contribution in [0.4, 0.5) is 4.39 Å². The number of nitrogens with zero attached hydrogens (tertiary/aromatic N) is 1. The Morgan fingerprint density at radius 1 is 1.06 bits per heavy atom. The van der Waals surface area contributed by atoms with Crippen LogP contribution in [0.5, 0.6) is 11.5 Å². The van der Waals surface area contributed by atoms with E-state index in [-0.39, 0.29) is 23.3 Å². The molecule has 2 aromatic rings. The standard InChI is InChI=1S/C24H31FN2O5S/c1-17(18-9-11-19(25)12-10-18)26-24(28)16-27(20-7-5-4-6-8-20)33(29,30)21-13-14-22(31-2)23(15-21)32-3/h9-15,17,20H,4-8,16H2,1-3H3,(H,26,28)/t17-/m0/s1. The molecule has 0 unspecified atom stereocenters. The van der Waals surface area contributed by atoms with Crippen LogP contribution in [0.25, 0.3) is 0 Å². The largest absolute Gasteiger partial charge is 0.493 e. The minimum absolute atomic E-state index is 0.0464. The Balaban J connectivity index is 1.85. The second-order valence-corrected chi connectivity index (χ2v) is 10.1. The molecule has 7 nitrogen and oxygen atoms in total. The summed E-state index contributed by atoms with van der Waals surface area (Å²) < 4.78 is 52.3. The van der Waals surface area contributed by atoms with Crippen molar-refractivity contribution < 1.29 is 27.1 Å². The van der Waals surface area contributed by atoms with Gasteiger partial charge in [-0.15, -0.1) is 0 Å². The monoisotopic (exact) mass is 478 g/mol. The highest BCUT2D eigenvalue weighted by Gasteiger charge is 2.34. The number of hydrogen-bond acceptors (Lipinski definition) is 5. The Labute approximate surface area is 194 Å². The summed E-state index contributed by atoms with van der Waals surface area (Å²) in [5.41, 5.74) is 0.733. The number of carbonyl (C=O) groups excluding carboxylic acids is 1. The van der Waals surface area contributed by atoms with E-state index in [9.17, 15) is 17.6 Å². The van der Waals surface area contributed by atoms with Crippen LogP contribution in [0.1, 0.15) is 50.6 Å². The minimum atomic E-state index is -3.97. The van der Waals surface area contributed by atoms with Gasteiger partial charge in [0, 0.05) is 12.1 Å². The number of rotatable bonds is 9. The van der Waals surface area contributed by atoms with Gasteiger partial charge in [0.2, 0.25) is 15.9 Å². The predicted octanol–water partition coefficient (Wildman–Crippen LogP) is 4.04. The smallest absolute Gasteiger partial charge is 0.243 e. The Kier molecular flexibility index (Phi) is 8.31. The summed E-state index contributed by atoms with van der Waals surface area (Å²) in [7, 11) is -1.05. The fourth-order valence-electron chi connectivity index (χ4n) is 4.16. The number of ether oxygens (including phenoxy) is 2. The lowest BCUT2D eigenvalue weighted by atomic mass is 9.95. The number of sulfonamides is 1. The predicted molar refractivity (Wildman–Crippen MR) is 123 cm³/mol. The molecule has 9 heteroatoms. The first-order valence-electron chi connectivity index (χ1n) is 11.0. The van der Waals surface area contributed by atoms with E-state index in [2.05, 4.69) is 5.32 Å². The SMILES string of the molecule is COc1ccc(S(=O)(=O)N(CC(=O)N[C@@H](C)c2ccc(F)cc2)C2CCCCC2)cc1OC. The fraction of sp³-hybridized carbons (Fsp3) is 0.458. The summed E-state index contributed by atoms with van der Waals surface area (Å²) in [5, 5.41) is 2.84. The van der Waals surface area contributed by atoms with Gasteiger partial charge in [0.1, 0.15) is 5.82 Å². The lowest BCUT2D eigenvalue weighted by molar-refractivity contribution is -0.122. The molecular formula is C24H31FN2O5S. The van der Waals surface area contributed by atoms with E-state index in [1.807, 2.05) is 0 Å². The molecule has 3 rings (SSSR count). The number of amides is 1. The van der Waals surface area contributed by atoms with Crippen molar-refractivity contribution in [3.8, 4) is 11.5 Å². The van der Waals surface area contributed by atoms with Crippen molar-refractivity contribution in [1.29, 1.82) is 0 Å². The fourth-order valence-corrected chi connectivity index (χ4v) is 5.81. The van der Waals surface area contributed by atoms with Crippen molar-refractivity contribution in [2.75, 3.05) is 20.8 Å². The Morgan fingerprint density at radius 2 is 1.70 bits per heavy atom. The van der Waals surface area contributed by atoms with Gasteiger partial charge in [0.05, 0.1) is 31.7 Å². The van der Waals surface area contributed by atoms with Crippen LogP contribution in [-0.4, -0.2) is 45.4 Å². The van der Waals surface area contributed by atoms with Gasteiger partial charge in [-0.2, -0.15) is 4.31 Å². The highest BCUT2D eigenvalue weighted by Crippen LogP contribution is 2.33. The molecule has 1 aliphatic carbocycles. The van der Waals surface area contributed by atoms with Crippen molar-refractivity contribution in [1.82, 2.24) is 9.62 Å². The van der Waals surface area contributed by atoms with E-state index >= 15 is 0 Å². The quantitative estimate of drug-likeness (QED) is 0.588. The van der Waals surface area contributed by atoms with Crippen LogP contribution in [0.3, 0.4) is 0 Å². The van der Waals surface area contributed by atoms with Crippen molar-refractivity contribution in [2.45, 2.75) is 56.0 Å². The van der Waals surface area contributed by atoms with Gasteiger partial charge in [-0.25, -0.2) is 12.8 Å². The molecule has 180 valence electrons. The topological polar surface area (TPSA) is 84.9 Å². The third-order valence-corrected chi connectivity index (χ3v) is 7.88. The zero-order valence-corrected chi connectivity index (χ0v) is 20.0. The van der Waals surface area contributed by atoms with Gasteiger partial charge in [-0.05, 0) is 49.6 Å². The maximum Gasteiger partial charge on any atom is 0.243 e. The Bertz CT molecular complexity index is 1050. The molecule has 1 saturated carbocycles. The molecule has 0 radical (unpaired) electrons. The third-order valence-electron chi connectivity index (χ3n) is 5.99. The van der Waals surface area contributed by atoms with E-state index in [1.54, 1.807) is 25.1 Å². The Morgan fingerprint density at radius 3 is 2.30 bits per heavy atom.